The van der Waals surface area contributed by atoms with Gasteiger partial charge in [-0.15, -0.1) is 0 Å². The van der Waals surface area contributed by atoms with E-state index in [1.54, 1.807) is 41.2 Å². The van der Waals surface area contributed by atoms with E-state index in [9.17, 15) is 14.4 Å². The molecule has 0 aliphatic carbocycles. The van der Waals surface area contributed by atoms with Gasteiger partial charge in [-0.1, -0.05) is 6.07 Å². The van der Waals surface area contributed by atoms with Gasteiger partial charge in [0.2, 0.25) is 11.8 Å². The summed E-state index contributed by atoms with van der Waals surface area (Å²) in [4.78, 5) is 38.6. The van der Waals surface area contributed by atoms with Crippen LogP contribution >= 0.6 is 0 Å². The summed E-state index contributed by atoms with van der Waals surface area (Å²) in [6, 6.07) is 6.60. The number of amides is 2. The van der Waals surface area contributed by atoms with Crippen molar-refractivity contribution in [2.45, 2.75) is 24.9 Å². The number of carbonyl (C=O) groups excluding carboxylic acids is 2. The van der Waals surface area contributed by atoms with Crippen LogP contribution in [-0.4, -0.2) is 56.7 Å². The van der Waals surface area contributed by atoms with Gasteiger partial charge < -0.3 is 20.1 Å². The molecule has 1 aliphatic rings. The summed E-state index contributed by atoms with van der Waals surface area (Å²) in [6.07, 6.45) is 4.31. The SMILES string of the molecule is CNC(=O)C1(Nc2ccn(C)n2)CCN(C(=O)Cn2ccccc2=O)CC1. The van der Waals surface area contributed by atoms with E-state index in [0.29, 0.717) is 31.7 Å². The van der Waals surface area contributed by atoms with Gasteiger partial charge in [-0.05, 0) is 18.9 Å². The van der Waals surface area contributed by atoms with E-state index in [-0.39, 0.29) is 23.9 Å². The number of anilines is 1. The summed E-state index contributed by atoms with van der Waals surface area (Å²) in [5, 5.41) is 10.2. The molecule has 1 saturated heterocycles. The lowest BCUT2D eigenvalue weighted by Gasteiger charge is -2.41. The van der Waals surface area contributed by atoms with Crippen molar-refractivity contribution in [1.29, 1.82) is 0 Å². The Morgan fingerprint density at radius 1 is 1.19 bits per heavy atom. The minimum absolute atomic E-state index is 0.000314. The molecule has 3 rings (SSSR count). The summed E-state index contributed by atoms with van der Waals surface area (Å²) in [6.45, 7) is 0.849. The van der Waals surface area contributed by atoms with Crippen LogP contribution in [0.3, 0.4) is 0 Å². The average molecular weight is 372 g/mol. The van der Waals surface area contributed by atoms with Crippen LogP contribution in [0.15, 0.2) is 41.5 Å². The Kier molecular flexibility index (Phi) is 5.29. The van der Waals surface area contributed by atoms with Gasteiger partial charge in [0.1, 0.15) is 17.9 Å². The second-order valence-electron chi connectivity index (χ2n) is 6.71. The van der Waals surface area contributed by atoms with Crippen LogP contribution < -0.4 is 16.2 Å². The lowest BCUT2D eigenvalue weighted by atomic mass is 9.86. The fourth-order valence-corrected chi connectivity index (χ4v) is 3.35. The Balaban J connectivity index is 1.68. The van der Waals surface area contributed by atoms with Crippen molar-refractivity contribution in [3.63, 3.8) is 0 Å². The summed E-state index contributed by atoms with van der Waals surface area (Å²) in [5.74, 6) is 0.364. The predicted molar refractivity (Wildman–Crippen MR) is 100 cm³/mol. The van der Waals surface area contributed by atoms with Gasteiger partial charge in [0, 0.05) is 51.7 Å². The maximum absolute atomic E-state index is 12.6. The molecule has 144 valence electrons. The number of aromatic nitrogens is 3. The molecule has 1 fully saturated rings. The molecule has 3 heterocycles. The average Bonchev–Trinajstić information content (AvgIpc) is 3.07. The zero-order chi connectivity index (χ0) is 19.4. The van der Waals surface area contributed by atoms with Crippen molar-refractivity contribution in [3.05, 3.63) is 47.0 Å². The van der Waals surface area contributed by atoms with Gasteiger partial charge in [0.05, 0.1) is 0 Å². The Labute approximate surface area is 157 Å². The summed E-state index contributed by atoms with van der Waals surface area (Å²) in [5.41, 5.74) is -1.02. The van der Waals surface area contributed by atoms with Gasteiger partial charge >= 0.3 is 0 Å². The standard InChI is InChI=1S/C18H24N6O3/c1-19-17(27)18(20-14-6-10-22(2)21-14)7-11-23(12-8-18)16(26)13-24-9-4-3-5-15(24)25/h3-6,9-10H,7-8,11-13H2,1-2H3,(H,19,27)(H,20,21). The number of pyridine rings is 1. The van der Waals surface area contributed by atoms with Crippen LogP contribution in [0, 0.1) is 0 Å². The molecule has 27 heavy (non-hydrogen) atoms. The van der Waals surface area contributed by atoms with Crippen molar-refractivity contribution in [3.8, 4) is 0 Å². The number of likely N-dealkylation sites (N-methyl/N-ethyl adjacent to an activating group) is 1. The maximum Gasteiger partial charge on any atom is 0.250 e. The van der Waals surface area contributed by atoms with Gasteiger partial charge in [-0.2, -0.15) is 5.10 Å². The highest BCUT2D eigenvalue weighted by atomic mass is 16.2. The quantitative estimate of drug-likeness (QED) is 0.757. The Hall–Kier alpha value is -3.10. The van der Waals surface area contributed by atoms with Crippen LogP contribution in [0.2, 0.25) is 0 Å². The van der Waals surface area contributed by atoms with E-state index < -0.39 is 5.54 Å². The molecule has 0 spiro atoms. The summed E-state index contributed by atoms with van der Waals surface area (Å²) < 4.78 is 3.05. The number of likely N-dealkylation sites (tertiary alicyclic amines) is 1. The fraction of sp³-hybridized carbons (Fsp3) is 0.444. The van der Waals surface area contributed by atoms with E-state index in [0.717, 1.165) is 0 Å². The molecule has 0 bridgehead atoms. The first-order valence-electron chi connectivity index (χ1n) is 8.87. The Bertz CT molecular complexity index is 879. The van der Waals surface area contributed by atoms with Crippen molar-refractivity contribution >= 4 is 17.6 Å². The summed E-state index contributed by atoms with van der Waals surface area (Å²) >= 11 is 0. The summed E-state index contributed by atoms with van der Waals surface area (Å²) in [7, 11) is 3.41. The second-order valence-corrected chi connectivity index (χ2v) is 6.71. The highest BCUT2D eigenvalue weighted by molar-refractivity contribution is 5.89. The Morgan fingerprint density at radius 2 is 1.93 bits per heavy atom. The first kappa shape index (κ1) is 18.7. The molecule has 0 radical (unpaired) electrons. The third-order valence-corrected chi connectivity index (χ3v) is 4.92. The third-order valence-electron chi connectivity index (χ3n) is 4.92. The lowest BCUT2D eigenvalue weighted by molar-refractivity contribution is -0.136. The minimum Gasteiger partial charge on any atom is -0.357 e. The highest BCUT2D eigenvalue weighted by Crippen LogP contribution is 2.27. The monoisotopic (exact) mass is 372 g/mol. The number of nitrogens with zero attached hydrogens (tertiary/aromatic N) is 4. The molecule has 0 aromatic carbocycles. The normalized spacial score (nSPS) is 16.0. The van der Waals surface area contributed by atoms with Crippen LogP contribution in [0.1, 0.15) is 12.8 Å². The van der Waals surface area contributed by atoms with Crippen LogP contribution in [-0.2, 0) is 23.2 Å². The second kappa shape index (κ2) is 7.65. The van der Waals surface area contributed by atoms with E-state index in [1.807, 2.05) is 13.1 Å². The molecular formula is C18H24N6O3. The van der Waals surface area contributed by atoms with E-state index in [2.05, 4.69) is 15.7 Å². The van der Waals surface area contributed by atoms with E-state index >= 15 is 0 Å². The number of nitrogens with one attached hydrogen (secondary N) is 2. The molecule has 9 heteroatoms. The van der Waals surface area contributed by atoms with E-state index in [4.69, 9.17) is 0 Å². The highest BCUT2D eigenvalue weighted by Gasteiger charge is 2.42. The molecular weight excluding hydrogens is 348 g/mol. The predicted octanol–water partition coefficient (Wildman–Crippen LogP) is -0.199. The molecule has 2 N–H and O–H groups in total. The smallest absolute Gasteiger partial charge is 0.250 e. The van der Waals surface area contributed by atoms with Crippen LogP contribution in [0.5, 0.6) is 0 Å². The van der Waals surface area contributed by atoms with Crippen molar-refractivity contribution in [2.24, 2.45) is 7.05 Å². The minimum atomic E-state index is -0.816. The maximum atomic E-state index is 12.6. The molecule has 2 aromatic rings. The third kappa shape index (κ3) is 4.02. The van der Waals surface area contributed by atoms with Crippen LogP contribution in [0.25, 0.3) is 0 Å². The number of piperidine rings is 1. The molecule has 0 atom stereocenters. The molecule has 0 saturated carbocycles. The van der Waals surface area contributed by atoms with Crippen molar-refractivity contribution in [2.75, 3.05) is 25.5 Å². The number of rotatable bonds is 5. The van der Waals surface area contributed by atoms with E-state index in [1.165, 1.54) is 10.6 Å². The van der Waals surface area contributed by atoms with Crippen LogP contribution in [0.4, 0.5) is 5.82 Å². The molecule has 2 amide bonds. The Morgan fingerprint density at radius 3 is 2.52 bits per heavy atom. The number of hydrogen-bond donors (Lipinski definition) is 2. The zero-order valence-electron chi connectivity index (χ0n) is 15.5. The lowest BCUT2D eigenvalue weighted by Crippen LogP contribution is -2.58. The first-order valence-corrected chi connectivity index (χ1v) is 8.87. The molecule has 2 aromatic heterocycles. The molecule has 9 nitrogen and oxygen atoms in total. The number of hydrogen-bond acceptors (Lipinski definition) is 5. The zero-order valence-corrected chi connectivity index (χ0v) is 15.5. The van der Waals surface area contributed by atoms with Gasteiger partial charge in [0.25, 0.3) is 5.56 Å². The molecule has 1 aliphatic heterocycles. The fourth-order valence-electron chi connectivity index (χ4n) is 3.35. The van der Waals surface area contributed by atoms with Gasteiger partial charge in [-0.25, -0.2) is 0 Å². The first-order chi connectivity index (χ1) is 12.9. The van der Waals surface area contributed by atoms with Gasteiger partial charge in [0.15, 0.2) is 0 Å². The number of carbonyl (C=O) groups is 2. The largest absolute Gasteiger partial charge is 0.357 e. The number of aryl methyl sites for hydroxylation is 1. The van der Waals surface area contributed by atoms with Gasteiger partial charge in [-0.3, -0.25) is 19.1 Å². The van der Waals surface area contributed by atoms with Crippen molar-refractivity contribution in [1.82, 2.24) is 24.6 Å². The molecule has 0 unspecified atom stereocenters. The van der Waals surface area contributed by atoms with Crippen molar-refractivity contribution < 1.29 is 9.59 Å². The topological polar surface area (TPSA) is 101 Å².